The molecular weight excluding hydrogens is 434 g/mol. The van der Waals surface area contributed by atoms with Gasteiger partial charge in [-0.15, -0.1) is 10.2 Å². The van der Waals surface area contributed by atoms with Gasteiger partial charge in [0.2, 0.25) is 11.9 Å². The van der Waals surface area contributed by atoms with Crippen LogP contribution in [-0.4, -0.2) is 39.5 Å². The van der Waals surface area contributed by atoms with Crippen LogP contribution in [0.3, 0.4) is 0 Å². The first-order valence-electron chi connectivity index (χ1n) is 11.4. The summed E-state index contributed by atoms with van der Waals surface area (Å²) in [6.07, 6.45) is 3.57. The van der Waals surface area contributed by atoms with Gasteiger partial charge >= 0.3 is 0 Å². The van der Waals surface area contributed by atoms with Crippen molar-refractivity contribution in [2.75, 3.05) is 23.7 Å². The SMILES string of the molecule is C[C@@H](NC(=O)CSc1nnc(N2CCCCC2)n1-c1ccccc1)c1cc2ccccc2o1. The van der Waals surface area contributed by atoms with Gasteiger partial charge in [0.1, 0.15) is 11.3 Å². The van der Waals surface area contributed by atoms with Gasteiger partial charge in [0.25, 0.3) is 0 Å². The van der Waals surface area contributed by atoms with E-state index < -0.39 is 0 Å². The minimum atomic E-state index is -0.221. The predicted octanol–water partition coefficient (Wildman–Crippen LogP) is 4.97. The van der Waals surface area contributed by atoms with Crippen LogP contribution in [-0.2, 0) is 4.79 Å². The van der Waals surface area contributed by atoms with Gasteiger partial charge in [-0.25, -0.2) is 0 Å². The number of hydrogen-bond donors (Lipinski definition) is 1. The molecule has 1 atom stereocenters. The molecule has 4 aromatic rings. The maximum atomic E-state index is 12.7. The van der Waals surface area contributed by atoms with E-state index in [0.29, 0.717) is 5.16 Å². The van der Waals surface area contributed by atoms with Crippen LogP contribution in [0.2, 0.25) is 0 Å². The van der Waals surface area contributed by atoms with Crippen molar-refractivity contribution in [3.05, 3.63) is 66.4 Å². The third-order valence-electron chi connectivity index (χ3n) is 5.85. The second kappa shape index (κ2) is 9.70. The number of hydrogen-bond acceptors (Lipinski definition) is 6. The average molecular weight is 462 g/mol. The van der Waals surface area contributed by atoms with Crippen LogP contribution in [0.1, 0.15) is 38.0 Å². The average Bonchev–Trinajstić information content (AvgIpc) is 3.48. The van der Waals surface area contributed by atoms with Gasteiger partial charge in [-0.3, -0.25) is 9.36 Å². The molecule has 3 heterocycles. The first-order valence-corrected chi connectivity index (χ1v) is 12.3. The molecule has 5 rings (SSSR count). The highest BCUT2D eigenvalue weighted by Crippen LogP contribution is 2.29. The number of thioether (sulfide) groups is 1. The second-order valence-corrected chi connectivity index (χ2v) is 9.21. The summed E-state index contributed by atoms with van der Waals surface area (Å²) in [7, 11) is 0. The highest BCUT2D eigenvalue weighted by molar-refractivity contribution is 7.99. The van der Waals surface area contributed by atoms with Crippen molar-refractivity contribution in [3.8, 4) is 5.69 Å². The molecule has 0 unspecified atom stereocenters. The van der Waals surface area contributed by atoms with Crippen LogP contribution in [0.15, 0.2) is 70.2 Å². The standard InChI is InChI=1S/C25H27N5O2S/c1-18(22-16-19-10-6-7-13-21(19)32-22)26-23(31)17-33-25-28-27-24(29-14-8-3-9-15-29)30(25)20-11-4-2-5-12-20/h2,4-7,10-13,16,18H,3,8-9,14-15,17H2,1H3,(H,26,31)/t18-/m1/s1. The molecule has 2 aromatic carbocycles. The minimum absolute atomic E-state index is 0.0740. The molecule has 1 fully saturated rings. The maximum absolute atomic E-state index is 12.7. The van der Waals surface area contributed by atoms with Crippen molar-refractivity contribution in [3.63, 3.8) is 0 Å². The number of piperidine rings is 1. The van der Waals surface area contributed by atoms with Crippen LogP contribution < -0.4 is 10.2 Å². The third-order valence-corrected chi connectivity index (χ3v) is 6.78. The largest absolute Gasteiger partial charge is 0.459 e. The van der Waals surface area contributed by atoms with Gasteiger partial charge in [0.05, 0.1) is 17.5 Å². The molecular formula is C25H27N5O2S. The number of para-hydroxylation sites is 2. The number of carbonyl (C=O) groups excluding carboxylic acids is 1. The van der Waals surface area contributed by atoms with E-state index in [-0.39, 0.29) is 17.7 Å². The highest BCUT2D eigenvalue weighted by atomic mass is 32.2. The molecule has 0 aliphatic carbocycles. The lowest BCUT2D eigenvalue weighted by Crippen LogP contribution is -2.31. The summed E-state index contributed by atoms with van der Waals surface area (Å²) in [5.74, 6) is 1.76. The summed E-state index contributed by atoms with van der Waals surface area (Å²) in [5.41, 5.74) is 1.82. The number of nitrogens with one attached hydrogen (secondary N) is 1. The number of fused-ring (bicyclic) bond motifs is 1. The van der Waals surface area contributed by atoms with E-state index in [2.05, 4.69) is 25.0 Å². The molecule has 0 radical (unpaired) electrons. The Bertz CT molecular complexity index is 1200. The highest BCUT2D eigenvalue weighted by Gasteiger charge is 2.22. The molecule has 1 aliphatic heterocycles. The van der Waals surface area contributed by atoms with Gasteiger partial charge in [-0.1, -0.05) is 48.2 Å². The van der Waals surface area contributed by atoms with Crippen molar-refractivity contribution in [2.24, 2.45) is 0 Å². The molecule has 1 saturated heterocycles. The van der Waals surface area contributed by atoms with E-state index in [1.54, 1.807) is 0 Å². The summed E-state index contributed by atoms with van der Waals surface area (Å²) in [4.78, 5) is 15.0. The molecule has 1 N–H and O–H groups in total. The van der Waals surface area contributed by atoms with Gasteiger partial charge in [0.15, 0.2) is 5.16 Å². The van der Waals surface area contributed by atoms with Crippen LogP contribution in [0, 0.1) is 0 Å². The zero-order valence-electron chi connectivity index (χ0n) is 18.6. The molecule has 8 heteroatoms. The Hall–Kier alpha value is -3.26. The number of benzene rings is 2. The topological polar surface area (TPSA) is 76.2 Å². The Kier molecular flexibility index (Phi) is 6.35. The number of amides is 1. The number of furan rings is 1. The molecule has 1 amide bonds. The molecule has 0 saturated carbocycles. The third kappa shape index (κ3) is 4.75. The summed E-state index contributed by atoms with van der Waals surface area (Å²) < 4.78 is 7.95. The zero-order chi connectivity index (χ0) is 22.6. The van der Waals surface area contributed by atoms with E-state index in [0.717, 1.165) is 54.3 Å². The van der Waals surface area contributed by atoms with Gasteiger partial charge in [0, 0.05) is 18.5 Å². The van der Waals surface area contributed by atoms with Crippen molar-refractivity contribution in [1.29, 1.82) is 0 Å². The molecule has 33 heavy (non-hydrogen) atoms. The lowest BCUT2D eigenvalue weighted by molar-refractivity contribution is -0.119. The maximum Gasteiger partial charge on any atom is 0.232 e. The van der Waals surface area contributed by atoms with E-state index >= 15 is 0 Å². The Labute approximate surface area is 197 Å². The molecule has 0 spiro atoms. The summed E-state index contributed by atoms with van der Waals surface area (Å²) in [6.45, 7) is 3.89. The van der Waals surface area contributed by atoms with E-state index in [4.69, 9.17) is 4.42 Å². The Morgan fingerprint density at radius 3 is 2.61 bits per heavy atom. The zero-order valence-corrected chi connectivity index (χ0v) is 19.4. The van der Waals surface area contributed by atoms with Crippen molar-refractivity contribution < 1.29 is 9.21 Å². The molecule has 170 valence electrons. The number of anilines is 1. The Morgan fingerprint density at radius 2 is 1.82 bits per heavy atom. The van der Waals surface area contributed by atoms with Gasteiger partial charge in [-0.2, -0.15) is 0 Å². The lowest BCUT2D eigenvalue weighted by atomic mass is 10.1. The van der Waals surface area contributed by atoms with E-state index in [1.165, 1.54) is 18.2 Å². The normalized spacial score (nSPS) is 15.0. The van der Waals surface area contributed by atoms with E-state index in [9.17, 15) is 4.79 Å². The fourth-order valence-corrected chi connectivity index (χ4v) is 4.92. The quantitative estimate of drug-likeness (QED) is 0.392. The first-order chi connectivity index (χ1) is 16.2. The number of rotatable bonds is 7. The van der Waals surface area contributed by atoms with Crippen LogP contribution in [0.25, 0.3) is 16.7 Å². The molecule has 2 aromatic heterocycles. The van der Waals surface area contributed by atoms with Gasteiger partial charge in [-0.05, 0) is 50.5 Å². The van der Waals surface area contributed by atoms with Crippen LogP contribution in [0.5, 0.6) is 0 Å². The smallest absolute Gasteiger partial charge is 0.232 e. The summed E-state index contributed by atoms with van der Waals surface area (Å²) in [6, 6.07) is 19.7. The van der Waals surface area contributed by atoms with Crippen molar-refractivity contribution >= 4 is 34.6 Å². The summed E-state index contributed by atoms with van der Waals surface area (Å²) >= 11 is 1.40. The number of aromatic nitrogens is 3. The van der Waals surface area contributed by atoms with Crippen molar-refractivity contribution in [2.45, 2.75) is 37.4 Å². The van der Waals surface area contributed by atoms with Crippen LogP contribution in [0.4, 0.5) is 5.95 Å². The first kappa shape index (κ1) is 21.6. The molecule has 7 nitrogen and oxygen atoms in total. The summed E-state index contributed by atoms with van der Waals surface area (Å²) in [5, 5.41) is 13.7. The fourth-order valence-electron chi connectivity index (χ4n) is 4.16. The van der Waals surface area contributed by atoms with Gasteiger partial charge < -0.3 is 14.6 Å². The predicted molar refractivity (Wildman–Crippen MR) is 131 cm³/mol. The number of nitrogens with zero attached hydrogens (tertiary/aromatic N) is 4. The minimum Gasteiger partial charge on any atom is -0.459 e. The monoisotopic (exact) mass is 461 g/mol. The molecule has 1 aliphatic rings. The number of carbonyl (C=O) groups is 1. The van der Waals surface area contributed by atoms with Crippen LogP contribution >= 0.6 is 11.8 Å². The fraction of sp³-hybridized carbons (Fsp3) is 0.320. The Morgan fingerprint density at radius 1 is 1.06 bits per heavy atom. The second-order valence-electron chi connectivity index (χ2n) is 8.27. The molecule has 0 bridgehead atoms. The Balaban J connectivity index is 1.29. The van der Waals surface area contributed by atoms with Crippen molar-refractivity contribution in [1.82, 2.24) is 20.1 Å². The van der Waals surface area contributed by atoms with E-state index in [1.807, 2.05) is 67.6 Å². The lowest BCUT2D eigenvalue weighted by Gasteiger charge is -2.27.